The van der Waals surface area contributed by atoms with E-state index in [1.54, 1.807) is 21.3 Å². The van der Waals surface area contributed by atoms with Gasteiger partial charge in [-0.15, -0.1) is 0 Å². The third-order valence-electron chi connectivity index (χ3n) is 6.82. The maximum absolute atomic E-state index is 5.68. The Labute approximate surface area is 214 Å². The molecular weight excluding hydrogens is 456 g/mol. The van der Waals surface area contributed by atoms with Gasteiger partial charge in [0.15, 0.2) is 17.3 Å². The molecule has 2 heterocycles. The zero-order valence-corrected chi connectivity index (χ0v) is 21.9. The molecule has 1 fully saturated rings. The Kier molecular flexibility index (Phi) is 9.08. The highest BCUT2D eigenvalue weighted by Crippen LogP contribution is 2.37. The van der Waals surface area contributed by atoms with E-state index in [0.717, 1.165) is 81.5 Å². The Balaban J connectivity index is 1.24. The van der Waals surface area contributed by atoms with Gasteiger partial charge in [-0.25, -0.2) is 0 Å². The van der Waals surface area contributed by atoms with Crippen molar-refractivity contribution in [1.29, 1.82) is 0 Å². The fourth-order valence-electron chi connectivity index (χ4n) is 4.71. The summed E-state index contributed by atoms with van der Waals surface area (Å²) in [6.07, 6.45) is 1.13. The van der Waals surface area contributed by atoms with Crippen molar-refractivity contribution < 1.29 is 18.7 Å². The van der Waals surface area contributed by atoms with Gasteiger partial charge in [-0.1, -0.05) is 18.1 Å². The van der Waals surface area contributed by atoms with Crippen molar-refractivity contribution in [3.05, 3.63) is 54.3 Å². The van der Waals surface area contributed by atoms with Crippen LogP contribution in [0.5, 0.6) is 17.2 Å². The number of ether oxygens (including phenoxy) is 3. The molecule has 0 saturated carbocycles. The van der Waals surface area contributed by atoms with E-state index in [1.165, 1.54) is 5.69 Å². The first-order valence-corrected chi connectivity index (χ1v) is 12.7. The predicted molar refractivity (Wildman–Crippen MR) is 142 cm³/mol. The van der Waals surface area contributed by atoms with Crippen LogP contribution < -0.4 is 19.1 Å². The Hall–Kier alpha value is -3.23. The maximum atomic E-state index is 5.68. The lowest BCUT2D eigenvalue weighted by molar-refractivity contribution is 0.206. The quantitative estimate of drug-likeness (QED) is 0.367. The molecule has 0 atom stereocenters. The van der Waals surface area contributed by atoms with Crippen molar-refractivity contribution >= 4 is 5.69 Å². The van der Waals surface area contributed by atoms with Gasteiger partial charge in [0.05, 0.1) is 27.9 Å². The summed E-state index contributed by atoms with van der Waals surface area (Å²) in [5.74, 6) is 3.10. The van der Waals surface area contributed by atoms with Crippen LogP contribution in [-0.2, 0) is 6.54 Å². The SMILES string of the molecule is CCN(CCCN1CCN(c2ccc(OC)cc2)CC1)Cc1cc(-c2cccc(OC)c2OC)no1. The zero-order chi connectivity index (χ0) is 25.3. The molecule has 0 unspecified atom stereocenters. The number of benzene rings is 2. The lowest BCUT2D eigenvalue weighted by Crippen LogP contribution is -2.47. The lowest BCUT2D eigenvalue weighted by Gasteiger charge is -2.36. The summed E-state index contributed by atoms with van der Waals surface area (Å²) in [6.45, 7) is 10.3. The van der Waals surface area contributed by atoms with Crippen molar-refractivity contribution in [3.8, 4) is 28.5 Å². The van der Waals surface area contributed by atoms with Gasteiger partial charge in [0, 0.05) is 43.5 Å². The summed E-state index contributed by atoms with van der Waals surface area (Å²) in [7, 11) is 4.98. The Morgan fingerprint density at radius 3 is 2.39 bits per heavy atom. The van der Waals surface area contributed by atoms with E-state index in [9.17, 15) is 0 Å². The molecule has 0 bridgehead atoms. The van der Waals surface area contributed by atoms with Crippen molar-refractivity contribution in [2.45, 2.75) is 19.9 Å². The van der Waals surface area contributed by atoms with E-state index >= 15 is 0 Å². The summed E-state index contributed by atoms with van der Waals surface area (Å²) in [6, 6.07) is 16.1. The minimum Gasteiger partial charge on any atom is -0.497 e. The maximum Gasteiger partial charge on any atom is 0.170 e. The highest BCUT2D eigenvalue weighted by molar-refractivity contribution is 5.71. The van der Waals surface area contributed by atoms with Gasteiger partial charge >= 0.3 is 0 Å². The molecule has 0 aliphatic carbocycles. The second kappa shape index (κ2) is 12.6. The van der Waals surface area contributed by atoms with Crippen LogP contribution in [0.25, 0.3) is 11.3 Å². The van der Waals surface area contributed by atoms with Crippen LogP contribution in [0.1, 0.15) is 19.1 Å². The van der Waals surface area contributed by atoms with Crippen molar-refractivity contribution in [3.63, 3.8) is 0 Å². The van der Waals surface area contributed by atoms with Gasteiger partial charge in [-0.3, -0.25) is 9.80 Å². The van der Waals surface area contributed by atoms with E-state index in [0.29, 0.717) is 11.5 Å². The van der Waals surface area contributed by atoms with E-state index in [2.05, 4.69) is 38.9 Å². The highest BCUT2D eigenvalue weighted by Gasteiger charge is 2.19. The molecule has 0 amide bonds. The van der Waals surface area contributed by atoms with Crippen LogP contribution in [0.15, 0.2) is 53.1 Å². The Morgan fingerprint density at radius 1 is 0.944 bits per heavy atom. The molecule has 0 N–H and O–H groups in total. The van der Waals surface area contributed by atoms with E-state index in [4.69, 9.17) is 18.7 Å². The van der Waals surface area contributed by atoms with Gasteiger partial charge in [0.1, 0.15) is 11.4 Å². The topological polar surface area (TPSA) is 63.4 Å². The van der Waals surface area contributed by atoms with Crippen LogP contribution in [0, 0.1) is 0 Å². The summed E-state index contributed by atoms with van der Waals surface area (Å²) >= 11 is 0. The second-order valence-corrected chi connectivity index (χ2v) is 8.97. The average Bonchev–Trinajstić information content (AvgIpc) is 3.40. The molecule has 1 aromatic heterocycles. The van der Waals surface area contributed by atoms with Crippen molar-refractivity contribution in [1.82, 2.24) is 15.0 Å². The fourth-order valence-corrected chi connectivity index (χ4v) is 4.71. The zero-order valence-electron chi connectivity index (χ0n) is 21.9. The number of para-hydroxylation sites is 1. The molecule has 2 aromatic carbocycles. The first kappa shape index (κ1) is 25.9. The van der Waals surface area contributed by atoms with Gasteiger partial charge < -0.3 is 23.6 Å². The molecule has 3 aromatic rings. The molecule has 4 rings (SSSR count). The third kappa shape index (κ3) is 6.30. The number of hydrogen-bond acceptors (Lipinski definition) is 8. The number of piperazine rings is 1. The van der Waals surface area contributed by atoms with Gasteiger partial charge in [0.25, 0.3) is 0 Å². The minimum atomic E-state index is 0.666. The average molecular weight is 495 g/mol. The molecule has 1 aliphatic rings. The number of aromatic nitrogens is 1. The van der Waals surface area contributed by atoms with Crippen LogP contribution >= 0.6 is 0 Å². The smallest absolute Gasteiger partial charge is 0.170 e. The minimum absolute atomic E-state index is 0.666. The normalized spacial score (nSPS) is 14.3. The Bertz CT molecular complexity index is 1080. The number of methoxy groups -OCH3 is 3. The van der Waals surface area contributed by atoms with Crippen molar-refractivity contribution in [2.75, 3.05) is 72.0 Å². The fraction of sp³-hybridized carbons (Fsp3) is 0.464. The van der Waals surface area contributed by atoms with Gasteiger partial charge in [0.2, 0.25) is 0 Å². The first-order chi connectivity index (χ1) is 17.6. The number of rotatable bonds is 12. The standard InChI is InChI=1S/C28H38N4O4/c1-5-30(21-24-20-26(29-36-24)25-8-6-9-27(34-3)28(25)35-4)14-7-15-31-16-18-32(19-17-31)22-10-12-23(33-2)13-11-22/h6,8-13,20H,5,7,14-19,21H2,1-4H3. The van der Waals surface area contributed by atoms with Crippen LogP contribution in [-0.4, -0.2) is 82.1 Å². The van der Waals surface area contributed by atoms with Crippen LogP contribution in [0.3, 0.4) is 0 Å². The highest BCUT2D eigenvalue weighted by atomic mass is 16.5. The Morgan fingerprint density at radius 2 is 1.72 bits per heavy atom. The monoisotopic (exact) mass is 494 g/mol. The van der Waals surface area contributed by atoms with E-state index in [-0.39, 0.29) is 0 Å². The lowest BCUT2D eigenvalue weighted by atomic mass is 10.1. The predicted octanol–water partition coefficient (Wildman–Crippen LogP) is 4.40. The molecule has 1 saturated heterocycles. The second-order valence-electron chi connectivity index (χ2n) is 8.97. The molecule has 1 aliphatic heterocycles. The first-order valence-electron chi connectivity index (χ1n) is 12.7. The molecule has 8 nitrogen and oxygen atoms in total. The molecule has 194 valence electrons. The third-order valence-corrected chi connectivity index (χ3v) is 6.82. The van der Waals surface area contributed by atoms with Crippen molar-refractivity contribution in [2.24, 2.45) is 0 Å². The summed E-state index contributed by atoms with van der Waals surface area (Å²) in [5.41, 5.74) is 2.89. The summed E-state index contributed by atoms with van der Waals surface area (Å²) < 4.78 is 21.9. The van der Waals surface area contributed by atoms with Crippen LogP contribution in [0.4, 0.5) is 5.69 Å². The summed E-state index contributed by atoms with van der Waals surface area (Å²) in [4.78, 5) is 7.42. The van der Waals surface area contributed by atoms with E-state index < -0.39 is 0 Å². The molecular formula is C28H38N4O4. The summed E-state index contributed by atoms with van der Waals surface area (Å²) in [5, 5.41) is 4.30. The van der Waals surface area contributed by atoms with E-state index in [1.807, 2.05) is 36.4 Å². The number of anilines is 1. The van der Waals surface area contributed by atoms with Gasteiger partial charge in [-0.2, -0.15) is 0 Å². The largest absolute Gasteiger partial charge is 0.497 e. The molecule has 0 radical (unpaired) electrons. The molecule has 8 heteroatoms. The number of hydrogen-bond donors (Lipinski definition) is 0. The number of nitrogens with zero attached hydrogens (tertiary/aromatic N) is 4. The molecule has 36 heavy (non-hydrogen) atoms. The molecule has 0 spiro atoms. The van der Waals surface area contributed by atoms with Crippen LogP contribution in [0.2, 0.25) is 0 Å². The van der Waals surface area contributed by atoms with Gasteiger partial charge in [-0.05, 0) is 62.5 Å².